The summed E-state index contributed by atoms with van der Waals surface area (Å²) in [4.78, 5) is 1.84. The summed E-state index contributed by atoms with van der Waals surface area (Å²) in [5.41, 5.74) is 0.828. The van der Waals surface area contributed by atoms with Gasteiger partial charge in [0.1, 0.15) is 5.82 Å². The quantitative estimate of drug-likeness (QED) is 0.895. The first-order chi connectivity index (χ1) is 8.91. The van der Waals surface area contributed by atoms with Crippen molar-refractivity contribution in [2.75, 3.05) is 29.5 Å². The summed E-state index contributed by atoms with van der Waals surface area (Å²) in [6, 6.07) is 4.61. The van der Waals surface area contributed by atoms with Gasteiger partial charge >= 0.3 is 0 Å². The van der Waals surface area contributed by atoms with Gasteiger partial charge in [-0.2, -0.15) is 0 Å². The molecule has 0 bridgehead atoms. The Bertz CT molecular complexity index is 557. The second kappa shape index (κ2) is 5.46. The van der Waals surface area contributed by atoms with E-state index < -0.39 is 21.8 Å². The fraction of sp³-hybridized carbons (Fsp3) is 0.538. The van der Waals surface area contributed by atoms with E-state index >= 15 is 0 Å². The largest absolute Gasteiger partial charge is 0.389 e. The number of halogens is 1. The number of nitrogens with zero attached hydrogens (tertiary/aromatic N) is 1. The highest BCUT2D eigenvalue weighted by molar-refractivity contribution is 7.91. The van der Waals surface area contributed by atoms with E-state index in [9.17, 15) is 17.9 Å². The van der Waals surface area contributed by atoms with Crippen LogP contribution in [-0.2, 0) is 9.84 Å². The molecule has 1 heterocycles. The molecule has 106 valence electrons. The summed E-state index contributed by atoms with van der Waals surface area (Å²) in [5, 5.41) is 9.70. The Hall–Kier alpha value is -1.14. The fourth-order valence-corrected chi connectivity index (χ4v) is 3.67. The number of aliphatic hydroxyl groups excluding tert-OH is 1. The van der Waals surface area contributed by atoms with Gasteiger partial charge < -0.3 is 10.0 Å². The van der Waals surface area contributed by atoms with E-state index in [4.69, 9.17) is 0 Å². The zero-order valence-electron chi connectivity index (χ0n) is 10.8. The standard InChI is InChI=1S/C13H18FNO3S/c1-10(16)13-11(14)4-2-5-12(13)15-6-3-8-19(17,18)9-7-15/h2,4-5,10,16H,3,6-9H2,1H3. The first-order valence-corrected chi connectivity index (χ1v) is 8.15. The molecule has 0 saturated carbocycles. The highest BCUT2D eigenvalue weighted by Crippen LogP contribution is 2.29. The van der Waals surface area contributed by atoms with Gasteiger partial charge in [0, 0.05) is 24.3 Å². The van der Waals surface area contributed by atoms with Crippen molar-refractivity contribution >= 4 is 15.5 Å². The van der Waals surface area contributed by atoms with Crippen LogP contribution in [0.2, 0.25) is 0 Å². The van der Waals surface area contributed by atoms with Crippen molar-refractivity contribution < 1.29 is 17.9 Å². The summed E-state index contributed by atoms with van der Waals surface area (Å²) in [5.74, 6) is -0.217. The molecule has 1 aromatic carbocycles. The van der Waals surface area contributed by atoms with Gasteiger partial charge in [-0.15, -0.1) is 0 Å². The van der Waals surface area contributed by atoms with Gasteiger partial charge in [0.2, 0.25) is 0 Å². The molecule has 0 aromatic heterocycles. The van der Waals surface area contributed by atoms with Crippen molar-refractivity contribution in [2.24, 2.45) is 0 Å². The summed E-state index contributed by atoms with van der Waals surface area (Å²) in [6.07, 6.45) is -0.394. The van der Waals surface area contributed by atoms with E-state index in [0.717, 1.165) is 0 Å². The van der Waals surface area contributed by atoms with E-state index in [-0.39, 0.29) is 17.1 Å². The van der Waals surface area contributed by atoms with Crippen LogP contribution in [0.5, 0.6) is 0 Å². The Balaban J connectivity index is 2.34. The van der Waals surface area contributed by atoms with Crippen LogP contribution in [0.3, 0.4) is 0 Å². The third-order valence-corrected chi connectivity index (χ3v) is 5.06. The van der Waals surface area contributed by atoms with E-state index in [1.807, 2.05) is 4.90 Å². The molecule has 0 radical (unpaired) electrons. The summed E-state index contributed by atoms with van der Waals surface area (Å²) in [7, 11) is -3.00. The molecule has 1 aliphatic rings. The zero-order chi connectivity index (χ0) is 14.0. The normalized spacial score (nSPS) is 20.9. The lowest BCUT2D eigenvalue weighted by Crippen LogP contribution is -2.28. The van der Waals surface area contributed by atoms with Gasteiger partial charge in [-0.1, -0.05) is 6.07 Å². The molecule has 0 amide bonds. The van der Waals surface area contributed by atoms with Crippen molar-refractivity contribution in [3.05, 3.63) is 29.6 Å². The number of aliphatic hydroxyl groups is 1. The summed E-state index contributed by atoms with van der Waals surface area (Å²) in [6.45, 7) is 2.41. The molecule has 0 aliphatic carbocycles. The Morgan fingerprint density at radius 3 is 2.74 bits per heavy atom. The number of hydrogen-bond donors (Lipinski definition) is 1. The van der Waals surface area contributed by atoms with Crippen molar-refractivity contribution in [3.63, 3.8) is 0 Å². The summed E-state index contributed by atoms with van der Waals surface area (Å²) >= 11 is 0. The van der Waals surface area contributed by atoms with Crippen LogP contribution in [0.25, 0.3) is 0 Å². The van der Waals surface area contributed by atoms with Crippen LogP contribution in [0.15, 0.2) is 18.2 Å². The molecular weight excluding hydrogens is 269 g/mol. The first-order valence-electron chi connectivity index (χ1n) is 6.32. The van der Waals surface area contributed by atoms with Crippen LogP contribution in [-0.4, -0.2) is 38.1 Å². The number of benzene rings is 1. The third-order valence-electron chi connectivity index (χ3n) is 3.34. The molecule has 1 aliphatic heterocycles. The highest BCUT2D eigenvalue weighted by Gasteiger charge is 2.23. The lowest BCUT2D eigenvalue weighted by atomic mass is 10.1. The van der Waals surface area contributed by atoms with E-state index in [1.54, 1.807) is 12.1 Å². The third kappa shape index (κ3) is 3.25. The van der Waals surface area contributed by atoms with Crippen LogP contribution in [0, 0.1) is 5.82 Å². The maximum absolute atomic E-state index is 13.8. The van der Waals surface area contributed by atoms with Gasteiger partial charge in [0.05, 0.1) is 17.6 Å². The van der Waals surface area contributed by atoms with Crippen molar-refractivity contribution in [1.29, 1.82) is 0 Å². The second-order valence-electron chi connectivity index (χ2n) is 4.84. The minimum Gasteiger partial charge on any atom is -0.389 e. The topological polar surface area (TPSA) is 57.6 Å². The fourth-order valence-electron chi connectivity index (χ4n) is 2.39. The Morgan fingerprint density at radius 1 is 1.32 bits per heavy atom. The van der Waals surface area contributed by atoms with E-state index in [1.165, 1.54) is 13.0 Å². The molecule has 1 saturated heterocycles. The second-order valence-corrected chi connectivity index (χ2v) is 7.14. The molecule has 1 fully saturated rings. The molecular formula is C13H18FNO3S. The average molecular weight is 287 g/mol. The molecule has 1 N–H and O–H groups in total. The van der Waals surface area contributed by atoms with Crippen LogP contribution in [0.1, 0.15) is 25.0 Å². The molecule has 1 atom stereocenters. The smallest absolute Gasteiger partial charge is 0.152 e. The Morgan fingerprint density at radius 2 is 2.05 bits per heavy atom. The number of sulfone groups is 1. The van der Waals surface area contributed by atoms with Crippen LogP contribution < -0.4 is 4.90 Å². The van der Waals surface area contributed by atoms with E-state index in [0.29, 0.717) is 25.2 Å². The van der Waals surface area contributed by atoms with Gasteiger partial charge in [0.25, 0.3) is 0 Å². The lowest BCUT2D eigenvalue weighted by Gasteiger charge is -2.26. The number of rotatable bonds is 2. The van der Waals surface area contributed by atoms with Gasteiger partial charge in [0.15, 0.2) is 9.84 Å². The minimum atomic E-state index is -3.00. The first kappa shape index (κ1) is 14.3. The summed E-state index contributed by atoms with van der Waals surface area (Å²) < 4.78 is 37.0. The molecule has 1 aromatic rings. The highest BCUT2D eigenvalue weighted by atomic mass is 32.2. The zero-order valence-corrected chi connectivity index (χ0v) is 11.7. The van der Waals surface area contributed by atoms with Gasteiger partial charge in [-0.3, -0.25) is 0 Å². The minimum absolute atomic E-state index is 0.0722. The van der Waals surface area contributed by atoms with Crippen LogP contribution in [0.4, 0.5) is 10.1 Å². The average Bonchev–Trinajstić information content (AvgIpc) is 2.49. The van der Waals surface area contributed by atoms with Crippen molar-refractivity contribution in [2.45, 2.75) is 19.4 Å². The molecule has 1 unspecified atom stereocenters. The van der Waals surface area contributed by atoms with Crippen molar-refractivity contribution in [1.82, 2.24) is 0 Å². The van der Waals surface area contributed by atoms with Gasteiger partial charge in [-0.05, 0) is 25.5 Å². The Labute approximate surface area is 112 Å². The monoisotopic (exact) mass is 287 g/mol. The van der Waals surface area contributed by atoms with Crippen LogP contribution >= 0.6 is 0 Å². The van der Waals surface area contributed by atoms with Gasteiger partial charge in [-0.25, -0.2) is 12.8 Å². The number of anilines is 1. The predicted octanol–water partition coefficient (Wildman–Crippen LogP) is 1.50. The maximum atomic E-state index is 13.8. The Kier molecular flexibility index (Phi) is 4.10. The molecule has 6 heteroatoms. The van der Waals surface area contributed by atoms with Crippen molar-refractivity contribution in [3.8, 4) is 0 Å². The predicted molar refractivity (Wildman–Crippen MR) is 72.5 cm³/mol. The lowest BCUT2D eigenvalue weighted by molar-refractivity contribution is 0.194. The maximum Gasteiger partial charge on any atom is 0.152 e. The molecule has 4 nitrogen and oxygen atoms in total. The SMILES string of the molecule is CC(O)c1c(F)cccc1N1CCCS(=O)(=O)CC1. The molecule has 19 heavy (non-hydrogen) atoms. The number of hydrogen-bond acceptors (Lipinski definition) is 4. The molecule has 2 rings (SSSR count). The van der Waals surface area contributed by atoms with E-state index in [2.05, 4.69) is 0 Å². The molecule has 0 spiro atoms.